The maximum Gasteiger partial charge on any atom is 0.242 e. The molecule has 3 unspecified atom stereocenters. The number of aliphatic hydroxyl groups is 1. The Morgan fingerprint density at radius 1 is 1.36 bits per heavy atom. The maximum absolute atomic E-state index is 12.6. The molecule has 0 radical (unpaired) electrons. The average molecular weight is 354 g/mol. The molecule has 0 bridgehead atoms. The molecule has 1 saturated heterocycles. The predicted molar refractivity (Wildman–Crippen MR) is 90.5 cm³/mol. The van der Waals surface area contributed by atoms with Crippen molar-refractivity contribution in [3.05, 3.63) is 6.07 Å². The molecule has 0 saturated carbocycles. The molecule has 0 spiro atoms. The topological polar surface area (TPSA) is 115 Å². The van der Waals surface area contributed by atoms with Crippen molar-refractivity contribution in [2.75, 3.05) is 26.1 Å². The Bertz CT molecular complexity index is 561. The number of aromatic nitrogens is 2. The van der Waals surface area contributed by atoms with E-state index in [1.807, 2.05) is 13.8 Å². The molecule has 9 nitrogen and oxygen atoms in total. The van der Waals surface area contributed by atoms with E-state index in [4.69, 9.17) is 14.2 Å². The minimum absolute atomic E-state index is 0.236. The number of nitrogens with one attached hydrogen (secondary N) is 2. The predicted octanol–water partition coefficient (Wildman–Crippen LogP) is 0.544. The van der Waals surface area contributed by atoms with Gasteiger partial charge < -0.3 is 30.0 Å². The average Bonchev–Trinajstić information content (AvgIpc) is 2.98. The number of hydrogen-bond donors (Lipinski definition) is 3. The van der Waals surface area contributed by atoms with E-state index in [1.165, 1.54) is 14.2 Å². The lowest BCUT2D eigenvalue weighted by molar-refractivity contribution is -0.126. The summed E-state index contributed by atoms with van der Waals surface area (Å²) in [6, 6.07) is 0.573. The van der Waals surface area contributed by atoms with E-state index in [0.717, 1.165) is 0 Å². The summed E-state index contributed by atoms with van der Waals surface area (Å²) in [5.41, 5.74) is 0. The van der Waals surface area contributed by atoms with Crippen LogP contribution in [0.1, 0.15) is 26.7 Å². The Kier molecular flexibility index (Phi) is 6.77. The Labute approximate surface area is 147 Å². The van der Waals surface area contributed by atoms with Gasteiger partial charge in [-0.1, -0.05) is 13.8 Å². The van der Waals surface area contributed by atoms with Crippen LogP contribution in [0.25, 0.3) is 0 Å². The molecule has 9 heteroatoms. The molecular weight excluding hydrogens is 328 g/mol. The SMILES string of the molecule is COc1cc(OC)nc(NC(CC(C)C)C(=O)NC2CCOC2O)n1. The van der Waals surface area contributed by atoms with Gasteiger partial charge in [0.15, 0.2) is 6.29 Å². The van der Waals surface area contributed by atoms with E-state index in [-0.39, 0.29) is 17.8 Å². The van der Waals surface area contributed by atoms with E-state index in [2.05, 4.69) is 20.6 Å². The highest BCUT2D eigenvalue weighted by Gasteiger charge is 2.30. The smallest absolute Gasteiger partial charge is 0.242 e. The third-order valence-corrected chi connectivity index (χ3v) is 3.81. The molecule has 3 atom stereocenters. The Hall–Kier alpha value is -2.13. The second-order valence-corrected chi connectivity index (χ2v) is 6.27. The minimum atomic E-state index is -0.975. The molecule has 2 rings (SSSR count). The van der Waals surface area contributed by atoms with Crippen molar-refractivity contribution in [3.8, 4) is 11.8 Å². The summed E-state index contributed by atoms with van der Waals surface area (Å²) >= 11 is 0. The first kappa shape index (κ1) is 19.2. The van der Waals surface area contributed by atoms with Gasteiger partial charge in [-0.15, -0.1) is 0 Å². The second-order valence-electron chi connectivity index (χ2n) is 6.27. The van der Waals surface area contributed by atoms with Gasteiger partial charge in [0.25, 0.3) is 0 Å². The van der Waals surface area contributed by atoms with Crippen molar-refractivity contribution in [2.45, 2.75) is 45.1 Å². The summed E-state index contributed by atoms with van der Waals surface area (Å²) in [5, 5.41) is 15.6. The largest absolute Gasteiger partial charge is 0.481 e. The van der Waals surface area contributed by atoms with Gasteiger partial charge in [-0.3, -0.25) is 4.79 Å². The van der Waals surface area contributed by atoms with E-state index >= 15 is 0 Å². The Morgan fingerprint density at radius 2 is 2.00 bits per heavy atom. The summed E-state index contributed by atoms with van der Waals surface area (Å²) in [4.78, 5) is 21.0. The number of nitrogens with zero attached hydrogens (tertiary/aromatic N) is 2. The molecule has 1 aromatic heterocycles. The van der Waals surface area contributed by atoms with Crippen LogP contribution >= 0.6 is 0 Å². The van der Waals surface area contributed by atoms with E-state index in [0.29, 0.717) is 31.2 Å². The zero-order chi connectivity index (χ0) is 18.4. The highest BCUT2D eigenvalue weighted by Crippen LogP contribution is 2.19. The standard InChI is InChI=1S/C16H26N4O5/c1-9(2)7-11(14(21)17-10-5-6-25-15(10)22)18-16-19-12(23-3)8-13(20-16)24-4/h8-11,15,22H,5-7H2,1-4H3,(H,17,21)(H,18,19,20). The van der Waals surface area contributed by atoms with Gasteiger partial charge in [0.05, 0.1) is 32.9 Å². The first-order chi connectivity index (χ1) is 11.9. The molecule has 25 heavy (non-hydrogen) atoms. The summed E-state index contributed by atoms with van der Waals surface area (Å²) in [7, 11) is 2.98. The fourth-order valence-electron chi connectivity index (χ4n) is 2.54. The van der Waals surface area contributed by atoms with Crippen molar-refractivity contribution in [2.24, 2.45) is 5.92 Å². The summed E-state index contributed by atoms with van der Waals surface area (Å²) < 4.78 is 15.3. The van der Waals surface area contributed by atoms with E-state index in [1.54, 1.807) is 6.07 Å². The lowest BCUT2D eigenvalue weighted by atomic mass is 10.0. The third-order valence-electron chi connectivity index (χ3n) is 3.81. The van der Waals surface area contributed by atoms with Gasteiger partial charge >= 0.3 is 0 Å². The van der Waals surface area contributed by atoms with Crippen LogP contribution < -0.4 is 20.1 Å². The highest BCUT2D eigenvalue weighted by atomic mass is 16.6. The molecule has 1 aliphatic rings. The molecule has 1 amide bonds. The number of ether oxygens (including phenoxy) is 3. The van der Waals surface area contributed by atoms with Crippen molar-refractivity contribution < 1.29 is 24.1 Å². The summed E-state index contributed by atoms with van der Waals surface area (Å²) in [6.07, 6.45) is 0.167. The van der Waals surface area contributed by atoms with Crippen molar-refractivity contribution in [1.29, 1.82) is 0 Å². The lowest BCUT2D eigenvalue weighted by Gasteiger charge is -2.23. The van der Waals surface area contributed by atoms with Crippen LogP contribution in [0.4, 0.5) is 5.95 Å². The van der Waals surface area contributed by atoms with Crippen LogP contribution in [-0.2, 0) is 9.53 Å². The first-order valence-electron chi connectivity index (χ1n) is 8.26. The van der Waals surface area contributed by atoms with Crippen molar-refractivity contribution in [1.82, 2.24) is 15.3 Å². The number of amides is 1. The molecule has 0 aliphatic carbocycles. The van der Waals surface area contributed by atoms with Crippen LogP contribution in [0.15, 0.2) is 6.07 Å². The normalized spacial score (nSPS) is 21.0. The quantitative estimate of drug-likeness (QED) is 0.620. The number of rotatable bonds is 8. The van der Waals surface area contributed by atoms with Gasteiger partial charge in [-0.25, -0.2) is 0 Å². The number of hydrogen-bond acceptors (Lipinski definition) is 8. The van der Waals surface area contributed by atoms with Gasteiger partial charge in [-0.2, -0.15) is 9.97 Å². The van der Waals surface area contributed by atoms with E-state index in [9.17, 15) is 9.90 Å². The van der Waals surface area contributed by atoms with Gasteiger partial charge in [-0.05, 0) is 18.8 Å². The molecule has 2 heterocycles. The minimum Gasteiger partial charge on any atom is -0.481 e. The fraction of sp³-hybridized carbons (Fsp3) is 0.688. The van der Waals surface area contributed by atoms with Crippen LogP contribution in [0.3, 0.4) is 0 Å². The van der Waals surface area contributed by atoms with Gasteiger partial charge in [0, 0.05) is 0 Å². The monoisotopic (exact) mass is 354 g/mol. The van der Waals surface area contributed by atoms with Crippen molar-refractivity contribution in [3.63, 3.8) is 0 Å². The molecular formula is C16H26N4O5. The number of aliphatic hydroxyl groups excluding tert-OH is 1. The number of carbonyl (C=O) groups excluding carboxylic acids is 1. The third kappa shape index (κ3) is 5.43. The molecule has 1 aromatic rings. The summed E-state index contributed by atoms with van der Waals surface area (Å²) in [5.74, 6) is 0.921. The molecule has 3 N–H and O–H groups in total. The van der Waals surface area contributed by atoms with Gasteiger partial charge in [0.2, 0.25) is 23.6 Å². The molecule has 0 aromatic carbocycles. The number of methoxy groups -OCH3 is 2. The van der Waals surface area contributed by atoms with Crippen LogP contribution in [0.2, 0.25) is 0 Å². The fourth-order valence-corrected chi connectivity index (χ4v) is 2.54. The summed E-state index contributed by atoms with van der Waals surface area (Å²) in [6.45, 7) is 4.45. The van der Waals surface area contributed by atoms with Crippen molar-refractivity contribution >= 4 is 11.9 Å². The second kappa shape index (κ2) is 8.82. The van der Waals surface area contributed by atoms with Gasteiger partial charge in [0.1, 0.15) is 6.04 Å². The zero-order valence-corrected chi connectivity index (χ0v) is 15.0. The highest BCUT2D eigenvalue weighted by molar-refractivity contribution is 5.84. The number of carbonyl (C=O) groups is 1. The molecule has 1 aliphatic heterocycles. The first-order valence-corrected chi connectivity index (χ1v) is 8.26. The molecule has 1 fully saturated rings. The Morgan fingerprint density at radius 3 is 2.48 bits per heavy atom. The maximum atomic E-state index is 12.6. The Balaban J connectivity index is 2.12. The van der Waals surface area contributed by atoms with Crippen LogP contribution in [-0.4, -0.2) is 60.2 Å². The number of anilines is 1. The zero-order valence-electron chi connectivity index (χ0n) is 15.0. The molecule has 140 valence electrons. The van der Waals surface area contributed by atoms with Crippen LogP contribution in [0, 0.1) is 5.92 Å². The van der Waals surface area contributed by atoms with E-state index < -0.39 is 18.4 Å². The van der Waals surface area contributed by atoms with Crippen LogP contribution in [0.5, 0.6) is 11.8 Å². The lowest BCUT2D eigenvalue weighted by Crippen LogP contribution is -2.48.